The lowest BCUT2D eigenvalue weighted by Gasteiger charge is -2.16. The van der Waals surface area contributed by atoms with Gasteiger partial charge in [-0.05, 0) is 24.1 Å². The third kappa shape index (κ3) is 3.56. The fourth-order valence-electron chi connectivity index (χ4n) is 2.10. The van der Waals surface area contributed by atoms with Crippen molar-refractivity contribution in [3.8, 4) is 5.75 Å². The summed E-state index contributed by atoms with van der Waals surface area (Å²) < 4.78 is 12.9. The van der Waals surface area contributed by atoms with Crippen LogP contribution in [0.5, 0.6) is 5.75 Å². The first-order valence-corrected chi connectivity index (χ1v) is 6.50. The molecule has 0 saturated heterocycles. The van der Waals surface area contributed by atoms with Crippen molar-refractivity contribution in [3.63, 3.8) is 0 Å². The molecule has 2 aromatic rings. The van der Waals surface area contributed by atoms with Crippen LogP contribution in [0.2, 0.25) is 0 Å². The smallest absolute Gasteiger partial charge is 0.126 e. The van der Waals surface area contributed by atoms with Gasteiger partial charge in [0.1, 0.15) is 11.6 Å². The molecular formula is C16H18FNO2. The highest BCUT2D eigenvalue weighted by atomic mass is 19.1. The molecule has 0 saturated carbocycles. The van der Waals surface area contributed by atoms with Gasteiger partial charge in [-0.1, -0.05) is 30.3 Å². The van der Waals surface area contributed by atoms with E-state index in [0.29, 0.717) is 12.1 Å². The van der Waals surface area contributed by atoms with Crippen LogP contribution in [0.1, 0.15) is 29.7 Å². The van der Waals surface area contributed by atoms with Crippen molar-refractivity contribution in [2.24, 2.45) is 0 Å². The number of halogens is 1. The first-order valence-electron chi connectivity index (χ1n) is 6.50. The van der Waals surface area contributed by atoms with Crippen LogP contribution in [0.15, 0.2) is 42.5 Å². The molecule has 0 radical (unpaired) electrons. The monoisotopic (exact) mass is 275 g/mol. The topological polar surface area (TPSA) is 52.5 Å². The van der Waals surface area contributed by atoms with Crippen molar-refractivity contribution in [3.05, 3.63) is 65.0 Å². The van der Waals surface area contributed by atoms with E-state index in [1.165, 1.54) is 6.07 Å². The largest absolute Gasteiger partial charge is 0.508 e. The Balaban J connectivity index is 2.02. The van der Waals surface area contributed by atoms with Crippen molar-refractivity contribution in [2.45, 2.75) is 26.1 Å². The zero-order chi connectivity index (χ0) is 14.5. The minimum Gasteiger partial charge on any atom is -0.508 e. The summed E-state index contributed by atoms with van der Waals surface area (Å²) in [6.45, 7) is 2.52. The number of rotatable bonds is 5. The number of hydrogen-bond acceptors (Lipinski definition) is 3. The molecule has 2 rings (SSSR count). The number of aromatic hydroxyl groups is 1. The second-order valence-corrected chi connectivity index (χ2v) is 4.78. The lowest BCUT2D eigenvalue weighted by molar-refractivity contribution is 0.281. The molecule has 0 heterocycles. The van der Waals surface area contributed by atoms with Crippen molar-refractivity contribution in [2.75, 3.05) is 0 Å². The third-order valence-corrected chi connectivity index (χ3v) is 3.25. The number of phenols is 1. The Kier molecular flexibility index (Phi) is 4.71. The van der Waals surface area contributed by atoms with Crippen LogP contribution >= 0.6 is 0 Å². The average Bonchev–Trinajstić information content (AvgIpc) is 2.45. The SMILES string of the molecule is CC(NCc1cccc(CO)c1)c1ccc(F)cc1O. The summed E-state index contributed by atoms with van der Waals surface area (Å²) in [5.74, 6) is -0.497. The third-order valence-electron chi connectivity index (χ3n) is 3.25. The number of hydrogen-bond donors (Lipinski definition) is 3. The van der Waals surface area contributed by atoms with Gasteiger partial charge in [-0.3, -0.25) is 0 Å². The summed E-state index contributed by atoms with van der Waals surface area (Å²) in [5.41, 5.74) is 2.57. The van der Waals surface area contributed by atoms with Crippen molar-refractivity contribution < 1.29 is 14.6 Å². The van der Waals surface area contributed by atoms with Gasteiger partial charge in [0.2, 0.25) is 0 Å². The Morgan fingerprint density at radius 3 is 2.60 bits per heavy atom. The number of phenolic OH excluding ortho intramolecular Hbond substituents is 1. The summed E-state index contributed by atoms with van der Waals surface area (Å²) in [4.78, 5) is 0. The molecule has 0 amide bonds. The van der Waals surface area contributed by atoms with E-state index >= 15 is 0 Å². The van der Waals surface area contributed by atoms with Gasteiger partial charge in [-0.15, -0.1) is 0 Å². The van der Waals surface area contributed by atoms with E-state index in [4.69, 9.17) is 5.11 Å². The van der Waals surface area contributed by atoms with Crippen LogP contribution in [0.25, 0.3) is 0 Å². The number of nitrogens with one attached hydrogen (secondary N) is 1. The predicted octanol–water partition coefficient (Wildman–Crippen LogP) is 2.87. The van der Waals surface area contributed by atoms with Gasteiger partial charge < -0.3 is 15.5 Å². The molecule has 0 fully saturated rings. The molecule has 0 spiro atoms. The van der Waals surface area contributed by atoms with Crippen LogP contribution < -0.4 is 5.32 Å². The second kappa shape index (κ2) is 6.50. The maximum absolute atomic E-state index is 12.9. The average molecular weight is 275 g/mol. The Labute approximate surface area is 117 Å². The molecule has 1 unspecified atom stereocenters. The first-order chi connectivity index (χ1) is 9.60. The molecule has 0 aliphatic heterocycles. The summed E-state index contributed by atoms with van der Waals surface area (Å²) in [5, 5.41) is 22.1. The van der Waals surface area contributed by atoms with Gasteiger partial charge in [0.05, 0.1) is 6.61 Å². The van der Waals surface area contributed by atoms with E-state index in [2.05, 4.69) is 5.32 Å². The highest BCUT2D eigenvalue weighted by Gasteiger charge is 2.10. The van der Waals surface area contributed by atoms with Crippen molar-refractivity contribution in [1.82, 2.24) is 5.32 Å². The van der Waals surface area contributed by atoms with Gasteiger partial charge >= 0.3 is 0 Å². The molecule has 0 aliphatic carbocycles. The predicted molar refractivity (Wildman–Crippen MR) is 75.7 cm³/mol. The molecule has 0 aliphatic rings. The Bertz CT molecular complexity index is 586. The highest BCUT2D eigenvalue weighted by molar-refractivity contribution is 5.35. The Hall–Kier alpha value is -1.91. The minimum absolute atomic E-state index is 0.0160. The molecule has 3 nitrogen and oxygen atoms in total. The van der Waals surface area contributed by atoms with E-state index in [1.54, 1.807) is 6.07 Å². The Morgan fingerprint density at radius 1 is 1.15 bits per heavy atom. The Morgan fingerprint density at radius 2 is 1.90 bits per heavy atom. The van der Waals surface area contributed by atoms with Crippen molar-refractivity contribution >= 4 is 0 Å². The lowest BCUT2D eigenvalue weighted by atomic mass is 10.1. The molecule has 20 heavy (non-hydrogen) atoms. The van der Waals surface area contributed by atoms with Gasteiger partial charge in [0.15, 0.2) is 0 Å². The van der Waals surface area contributed by atoms with Gasteiger partial charge in [0, 0.05) is 24.2 Å². The maximum Gasteiger partial charge on any atom is 0.126 e. The van der Waals surface area contributed by atoms with Gasteiger partial charge in [-0.25, -0.2) is 4.39 Å². The van der Waals surface area contributed by atoms with E-state index in [9.17, 15) is 9.50 Å². The number of aliphatic hydroxyl groups is 1. The summed E-state index contributed by atoms with van der Waals surface area (Å²) in [7, 11) is 0. The zero-order valence-corrected chi connectivity index (χ0v) is 11.3. The fraction of sp³-hybridized carbons (Fsp3) is 0.250. The van der Waals surface area contributed by atoms with Gasteiger partial charge in [0.25, 0.3) is 0 Å². The van der Waals surface area contributed by atoms with Gasteiger partial charge in [-0.2, -0.15) is 0 Å². The fourth-order valence-corrected chi connectivity index (χ4v) is 2.10. The van der Waals surface area contributed by atoms with E-state index in [-0.39, 0.29) is 18.4 Å². The van der Waals surface area contributed by atoms with E-state index in [1.807, 2.05) is 31.2 Å². The highest BCUT2D eigenvalue weighted by Crippen LogP contribution is 2.24. The molecule has 0 aromatic heterocycles. The molecule has 2 aromatic carbocycles. The van der Waals surface area contributed by atoms with Crippen LogP contribution in [0.3, 0.4) is 0 Å². The van der Waals surface area contributed by atoms with E-state index in [0.717, 1.165) is 17.2 Å². The molecular weight excluding hydrogens is 257 g/mol. The van der Waals surface area contributed by atoms with Crippen LogP contribution in [-0.4, -0.2) is 10.2 Å². The molecule has 1 atom stereocenters. The summed E-state index contributed by atoms with van der Waals surface area (Å²) in [6.07, 6.45) is 0. The lowest BCUT2D eigenvalue weighted by Crippen LogP contribution is -2.18. The normalized spacial score (nSPS) is 12.3. The second-order valence-electron chi connectivity index (χ2n) is 4.78. The standard InChI is InChI=1S/C16H18FNO2/c1-11(15-6-5-14(17)8-16(15)20)18-9-12-3-2-4-13(7-12)10-19/h2-8,11,18-20H,9-10H2,1H3. The van der Waals surface area contributed by atoms with E-state index < -0.39 is 5.82 Å². The number of benzene rings is 2. The first kappa shape index (κ1) is 14.5. The molecule has 0 bridgehead atoms. The van der Waals surface area contributed by atoms with Crippen LogP contribution in [0.4, 0.5) is 4.39 Å². The minimum atomic E-state index is -0.450. The zero-order valence-electron chi connectivity index (χ0n) is 11.3. The molecule has 106 valence electrons. The quantitative estimate of drug-likeness (QED) is 0.786. The maximum atomic E-state index is 12.9. The summed E-state index contributed by atoms with van der Waals surface area (Å²) >= 11 is 0. The molecule has 4 heteroatoms. The van der Waals surface area contributed by atoms with Crippen LogP contribution in [-0.2, 0) is 13.2 Å². The summed E-state index contributed by atoms with van der Waals surface area (Å²) in [6, 6.07) is 11.6. The van der Waals surface area contributed by atoms with Crippen LogP contribution in [0, 0.1) is 5.82 Å². The number of aliphatic hydroxyl groups excluding tert-OH is 1. The molecule has 3 N–H and O–H groups in total. The van der Waals surface area contributed by atoms with Crippen molar-refractivity contribution in [1.29, 1.82) is 0 Å².